The smallest absolute Gasteiger partial charge is 0.317 e. The van der Waals surface area contributed by atoms with Crippen molar-refractivity contribution in [1.82, 2.24) is 10.2 Å². The number of ether oxygens (including phenoxy) is 1. The molecule has 0 aliphatic carbocycles. The molecule has 4 nitrogen and oxygen atoms in total. The summed E-state index contributed by atoms with van der Waals surface area (Å²) in [4.78, 5) is 15.9. The lowest BCUT2D eigenvalue weighted by atomic mass is 9.98. The number of nitrogens with one attached hydrogen (secondary N) is 1. The topological polar surface area (TPSA) is 41.6 Å². The summed E-state index contributed by atoms with van der Waals surface area (Å²) in [6, 6.07) is 2.50. The lowest BCUT2D eigenvalue weighted by Gasteiger charge is -2.35. The van der Waals surface area contributed by atoms with E-state index in [-0.39, 0.29) is 12.1 Å². The van der Waals surface area contributed by atoms with Crippen LogP contribution in [-0.2, 0) is 11.2 Å². The molecule has 20 heavy (non-hydrogen) atoms. The first-order valence-corrected chi connectivity index (χ1v) is 8.36. The zero-order chi connectivity index (χ0) is 13.9. The van der Waals surface area contributed by atoms with E-state index in [0.29, 0.717) is 5.92 Å². The van der Waals surface area contributed by atoms with E-state index in [9.17, 15) is 4.79 Å². The third-order valence-corrected chi connectivity index (χ3v) is 5.30. The molecule has 2 aliphatic rings. The minimum atomic E-state index is 0.0839. The van der Waals surface area contributed by atoms with Gasteiger partial charge in [-0.05, 0) is 36.3 Å². The minimum absolute atomic E-state index is 0.0839. The molecule has 0 saturated carbocycles. The van der Waals surface area contributed by atoms with Crippen molar-refractivity contribution < 1.29 is 9.53 Å². The molecular weight excluding hydrogens is 272 g/mol. The second-order valence-electron chi connectivity index (χ2n) is 5.58. The van der Waals surface area contributed by atoms with E-state index in [1.54, 1.807) is 0 Å². The number of fused-ring (bicyclic) bond motifs is 1. The van der Waals surface area contributed by atoms with Crippen molar-refractivity contribution in [2.45, 2.75) is 32.2 Å². The Morgan fingerprint density at radius 2 is 2.50 bits per heavy atom. The van der Waals surface area contributed by atoms with Crippen molar-refractivity contribution in [3.8, 4) is 0 Å². The molecule has 1 aromatic rings. The van der Waals surface area contributed by atoms with Crippen LogP contribution >= 0.6 is 11.3 Å². The molecule has 2 amide bonds. The first-order valence-electron chi connectivity index (χ1n) is 7.48. The summed E-state index contributed by atoms with van der Waals surface area (Å²) in [5.41, 5.74) is 1.35. The van der Waals surface area contributed by atoms with Gasteiger partial charge in [0.2, 0.25) is 0 Å². The molecule has 1 saturated heterocycles. The fourth-order valence-electron chi connectivity index (χ4n) is 3.16. The summed E-state index contributed by atoms with van der Waals surface area (Å²) < 4.78 is 5.35. The van der Waals surface area contributed by atoms with Gasteiger partial charge in [-0.15, -0.1) is 11.3 Å². The van der Waals surface area contributed by atoms with Crippen LogP contribution < -0.4 is 5.32 Å². The largest absolute Gasteiger partial charge is 0.381 e. The van der Waals surface area contributed by atoms with Crippen LogP contribution in [0.1, 0.15) is 36.2 Å². The summed E-state index contributed by atoms with van der Waals surface area (Å²) in [7, 11) is 0. The van der Waals surface area contributed by atoms with Crippen LogP contribution in [0, 0.1) is 5.92 Å². The van der Waals surface area contributed by atoms with E-state index in [1.807, 2.05) is 16.2 Å². The molecule has 1 fully saturated rings. The first-order chi connectivity index (χ1) is 9.79. The van der Waals surface area contributed by atoms with Crippen molar-refractivity contribution in [2.75, 3.05) is 26.3 Å². The lowest BCUT2D eigenvalue weighted by molar-refractivity contribution is 0.163. The highest BCUT2D eigenvalue weighted by Crippen LogP contribution is 2.35. The van der Waals surface area contributed by atoms with Crippen LogP contribution in [0.25, 0.3) is 0 Å². The lowest BCUT2D eigenvalue weighted by Crippen LogP contribution is -2.46. The van der Waals surface area contributed by atoms with Crippen molar-refractivity contribution >= 4 is 17.4 Å². The third-order valence-electron chi connectivity index (χ3n) is 4.31. The Morgan fingerprint density at radius 3 is 3.25 bits per heavy atom. The molecule has 0 bridgehead atoms. The average Bonchev–Trinajstić information content (AvgIpc) is 3.14. The zero-order valence-electron chi connectivity index (χ0n) is 11.9. The van der Waals surface area contributed by atoms with E-state index in [1.165, 1.54) is 10.4 Å². The summed E-state index contributed by atoms with van der Waals surface area (Å²) in [6.07, 6.45) is 3.03. The van der Waals surface area contributed by atoms with Gasteiger partial charge in [-0.3, -0.25) is 0 Å². The Morgan fingerprint density at radius 1 is 1.60 bits per heavy atom. The number of carbonyl (C=O) groups excluding carboxylic acids is 1. The van der Waals surface area contributed by atoms with Gasteiger partial charge >= 0.3 is 6.03 Å². The quantitative estimate of drug-likeness (QED) is 0.931. The highest BCUT2D eigenvalue weighted by Gasteiger charge is 2.30. The summed E-state index contributed by atoms with van der Waals surface area (Å²) in [5.74, 6) is 0.487. The number of nitrogens with zero attached hydrogens (tertiary/aromatic N) is 1. The van der Waals surface area contributed by atoms with Crippen molar-refractivity contribution in [1.29, 1.82) is 0 Å². The molecule has 1 aromatic heterocycles. The number of urea groups is 1. The zero-order valence-corrected chi connectivity index (χ0v) is 12.7. The number of hydrogen-bond donors (Lipinski definition) is 1. The molecule has 2 atom stereocenters. The number of thiophene rings is 1. The summed E-state index contributed by atoms with van der Waals surface area (Å²) in [5, 5.41) is 5.24. The maximum Gasteiger partial charge on any atom is 0.317 e. The van der Waals surface area contributed by atoms with Gasteiger partial charge in [0.05, 0.1) is 12.6 Å². The minimum Gasteiger partial charge on any atom is -0.381 e. The molecule has 110 valence electrons. The SMILES string of the molecule is CC[C@@H]1c2ccsc2CCN1C(=O)NC[C@H]1CCOC1. The number of carbonyl (C=O) groups is 1. The van der Waals surface area contributed by atoms with Gasteiger partial charge in [0.25, 0.3) is 0 Å². The molecule has 0 radical (unpaired) electrons. The fraction of sp³-hybridized carbons (Fsp3) is 0.667. The highest BCUT2D eigenvalue weighted by atomic mass is 32.1. The van der Waals surface area contributed by atoms with E-state index < -0.39 is 0 Å². The maximum absolute atomic E-state index is 12.4. The Labute approximate surface area is 124 Å². The molecule has 3 heterocycles. The van der Waals surface area contributed by atoms with Gasteiger partial charge in [-0.1, -0.05) is 6.92 Å². The van der Waals surface area contributed by atoms with Gasteiger partial charge in [-0.2, -0.15) is 0 Å². The van der Waals surface area contributed by atoms with E-state index >= 15 is 0 Å². The van der Waals surface area contributed by atoms with Crippen LogP contribution in [-0.4, -0.2) is 37.2 Å². The second-order valence-corrected chi connectivity index (χ2v) is 6.58. The maximum atomic E-state index is 12.4. The monoisotopic (exact) mass is 294 g/mol. The van der Waals surface area contributed by atoms with Crippen LogP contribution in [0.4, 0.5) is 4.79 Å². The van der Waals surface area contributed by atoms with Crippen LogP contribution in [0.5, 0.6) is 0 Å². The highest BCUT2D eigenvalue weighted by molar-refractivity contribution is 7.10. The molecule has 0 aromatic carbocycles. The molecule has 5 heteroatoms. The first kappa shape index (κ1) is 13.9. The van der Waals surface area contributed by atoms with Gasteiger partial charge in [0.1, 0.15) is 0 Å². The number of amides is 2. The molecule has 1 N–H and O–H groups in total. The molecular formula is C15H22N2O2S. The van der Waals surface area contributed by atoms with Crippen LogP contribution in [0.15, 0.2) is 11.4 Å². The molecule has 0 unspecified atom stereocenters. The van der Waals surface area contributed by atoms with Gasteiger partial charge in [0, 0.05) is 30.5 Å². The Kier molecular flexibility index (Phi) is 4.27. The summed E-state index contributed by atoms with van der Waals surface area (Å²) >= 11 is 1.82. The van der Waals surface area contributed by atoms with E-state index in [2.05, 4.69) is 23.7 Å². The Hall–Kier alpha value is -1.07. The number of rotatable bonds is 3. The van der Waals surface area contributed by atoms with Crippen molar-refractivity contribution in [3.63, 3.8) is 0 Å². The Balaban J connectivity index is 1.62. The molecule has 0 spiro atoms. The van der Waals surface area contributed by atoms with E-state index in [0.717, 1.165) is 45.6 Å². The number of hydrogen-bond acceptors (Lipinski definition) is 3. The third kappa shape index (κ3) is 2.69. The normalized spacial score (nSPS) is 25.6. The standard InChI is InChI=1S/C15H22N2O2S/c1-2-13-12-5-8-20-14(12)3-6-17(13)15(18)16-9-11-4-7-19-10-11/h5,8,11,13H,2-4,6-7,9-10H2,1H3,(H,16,18)/t11-,13-/m1/s1. The summed E-state index contributed by atoms with van der Waals surface area (Å²) in [6.45, 7) is 5.34. The van der Waals surface area contributed by atoms with Crippen molar-refractivity contribution in [2.24, 2.45) is 5.92 Å². The average molecular weight is 294 g/mol. The predicted molar refractivity (Wildman–Crippen MR) is 80.1 cm³/mol. The van der Waals surface area contributed by atoms with Crippen molar-refractivity contribution in [3.05, 3.63) is 21.9 Å². The van der Waals surface area contributed by atoms with Gasteiger partial charge in [0.15, 0.2) is 0 Å². The molecule has 2 aliphatic heterocycles. The van der Waals surface area contributed by atoms with Gasteiger partial charge < -0.3 is 15.0 Å². The second kappa shape index (κ2) is 6.14. The predicted octanol–water partition coefficient (Wildman–Crippen LogP) is 2.80. The Bertz CT molecular complexity index is 468. The molecule has 3 rings (SSSR count). The van der Waals surface area contributed by atoms with Gasteiger partial charge in [-0.25, -0.2) is 4.79 Å². The van der Waals surface area contributed by atoms with Crippen LogP contribution in [0.3, 0.4) is 0 Å². The van der Waals surface area contributed by atoms with Crippen LogP contribution in [0.2, 0.25) is 0 Å². The van der Waals surface area contributed by atoms with E-state index in [4.69, 9.17) is 4.74 Å². The fourth-order valence-corrected chi connectivity index (χ4v) is 4.09.